The van der Waals surface area contributed by atoms with Gasteiger partial charge in [0, 0.05) is 11.7 Å². The van der Waals surface area contributed by atoms with Crippen molar-refractivity contribution < 1.29 is 19.4 Å². The fourth-order valence-corrected chi connectivity index (χ4v) is 2.54. The Balaban J connectivity index is 2.01. The van der Waals surface area contributed by atoms with Gasteiger partial charge in [-0.3, -0.25) is 10.1 Å². The zero-order valence-electron chi connectivity index (χ0n) is 13.1. The van der Waals surface area contributed by atoms with Crippen molar-refractivity contribution in [1.82, 2.24) is 5.32 Å². The van der Waals surface area contributed by atoms with E-state index in [1.54, 1.807) is 0 Å². The Kier molecular flexibility index (Phi) is 4.71. The number of hydrogen-bond donors (Lipinski definition) is 3. The summed E-state index contributed by atoms with van der Waals surface area (Å²) in [5, 5.41) is 14.5. The number of aliphatic carboxylic acids is 1. The lowest BCUT2D eigenvalue weighted by Crippen LogP contribution is -2.27. The lowest BCUT2D eigenvalue weighted by Gasteiger charge is -2.20. The molecule has 0 saturated heterocycles. The highest BCUT2D eigenvalue weighted by atomic mass is 16.6. The van der Waals surface area contributed by atoms with Gasteiger partial charge in [0.2, 0.25) is 0 Å². The monoisotopic (exact) mass is 306 g/mol. The van der Waals surface area contributed by atoms with Crippen molar-refractivity contribution in [3.63, 3.8) is 0 Å². The van der Waals surface area contributed by atoms with E-state index in [2.05, 4.69) is 10.6 Å². The maximum Gasteiger partial charge on any atom is 0.412 e. The molecule has 0 fully saturated rings. The van der Waals surface area contributed by atoms with Crippen molar-refractivity contribution >= 4 is 17.7 Å². The number of carboxylic acids is 1. The van der Waals surface area contributed by atoms with Crippen molar-refractivity contribution in [2.45, 2.75) is 45.3 Å². The van der Waals surface area contributed by atoms with Gasteiger partial charge < -0.3 is 15.2 Å². The molecule has 0 aliphatic heterocycles. The van der Waals surface area contributed by atoms with E-state index in [1.807, 2.05) is 39.0 Å². The molecule has 0 spiro atoms. The highest BCUT2D eigenvalue weighted by molar-refractivity contribution is 5.85. The second-order valence-corrected chi connectivity index (χ2v) is 6.41. The zero-order chi connectivity index (χ0) is 16.3. The summed E-state index contributed by atoms with van der Waals surface area (Å²) < 4.78 is 5.22. The summed E-state index contributed by atoms with van der Waals surface area (Å²) in [6.07, 6.45) is 1.24. The minimum Gasteiger partial charge on any atom is -0.480 e. The Morgan fingerprint density at radius 3 is 2.73 bits per heavy atom. The molecule has 6 nitrogen and oxygen atoms in total. The highest BCUT2D eigenvalue weighted by Gasteiger charge is 2.23. The first-order chi connectivity index (χ1) is 10.2. The van der Waals surface area contributed by atoms with Gasteiger partial charge in [-0.25, -0.2) is 4.79 Å². The van der Waals surface area contributed by atoms with Crippen LogP contribution >= 0.6 is 0 Å². The molecule has 0 radical (unpaired) electrons. The largest absolute Gasteiger partial charge is 0.480 e. The standard InChI is InChI=1S/C16H22N2O4/c1-16(2,3)22-15(21)18-11-5-6-12-10(8-11)4-7-13(12)17-9-14(19)20/h5-6,8,13,17H,4,7,9H2,1-3H3,(H,18,21)(H,19,20). The lowest BCUT2D eigenvalue weighted by molar-refractivity contribution is -0.136. The van der Waals surface area contributed by atoms with Crippen molar-refractivity contribution in [1.29, 1.82) is 0 Å². The average molecular weight is 306 g/mol. The number of fused-ring (bicyclic) bond motifs is 1. The third kappa shape index (κ3) is 4.46. The van der Waals surface area contributed by atoms with E-state index in [0.29, 0.717) is 5.69 Å². The second-order valence-electron chi connectivity index (χ2n) is 6.41. The van der Waals surface area contributed by atoms with Crippen LogP contribution in [0.4, 0.5) is 10.5 Å². The first-order valence-electron chi connectivity index (χ1n) is 7.32. The molecule has 1 unspecified atom stereocenters. The molecule has 120 valence electrons. The number of hydrogen-bond acceptors (Lipinski definition) is 4. The van der Waals surface area contributed by atoms with E-state index < -0.39 is 17.7 Å². The molecule has 0 saturated carbocycles. The SMILES string of the molecule is CC(C)(C)OC(=O)Nc1ccc2c(c1)CCC2NCC(=O)O. The van der Waals surface area contributed by atoms with E-state index >= 15 is 0 Å². The minimum absolute atomic E-state index is 0.0536. The number of carbonyl (C=O) groups is 2. The number of aryl methyl sites for hydroxylation is 1. The third-order valence-electron chi connectivity index (χ3n) is 3.37. The Hall–Kier alpha value is -2.08. The zero-order valence-corrected chi connectivity index (χ0v) is 13.1. The molecule has 22 heavy (non-hydrogen) atoms. The number of benzene rings is 1. The van der Waals surface area contributed by atoms with Crippen LogP contribution in [0.3, 0.4) is 0 Å². The summed E-state index contributed by atoms with van der Waals surface area (Å²) in [7, 11) is 0. The molecule has 1 amide bonds. The van der Waals surface area contributed by atoms with E-state index in [-0.39, 0.29) is 12.6 Å². The third-order valence-corrected chi connectivity index (χ3v) is 3.37. The topological polar surface area (TPSA) is 87.7 Å². The van der Waals surface area contributed by atoms with Gasteiger partial charge in [0.25, 0.3) is 0 Å². The average Bonchev–Trinajstić information content (AvgIpc) is 2.76. The Morgan fingerprint density at radius 1 is 1.36 bits per heavy atom. The fraction of sp³-hybridized carbons (Fsp3) is 0.500. The Bertz CT molecular complexity index is 578. The second kappa shape index (κ2) is 6.36. The van der Waals surface area contributed by atoms with Crippen LogP contribution in [0.15, 0.2) is 18.2 Å². The normalized spacial score (nSPS) is 17.0. The van der Waals surface area contributed by atoms with Gasteiger partial charge >= 0.3 is 12.1 Å². The van der Waals surface area contributed by atoms with Crippen LogP contribution in [0.5, 0.6) is 0 Å². The summed E-state index contributed by atoms with van der Waals surface area (Å²) in [4.78, 5) is 22.4. The van der Waals surface area contributed by atoms with E-state index in [0.717, 1.165) is 24.0 Å². The number of amides is 1. The smallest absolute Gasteiger partial charge is 0.412 e. The molecule has 0 bridgehead atoms. The lowest BCUT2D eigenvalue weighted by atomic mass is 10.1. The number of anilines is 1. The van der Waals surface area contributed by atoms with Gasteiger partial charge in [0.05, 0.1) is 6.54 Å². The molecule has 1 aromatic rings. The maximum absolute atomic E-state index is 11.8. The first-order valence-corrected chi connectivity index (χ1v) is 7.32. The van der Waals surface area contributed by atoms with E-state index in [1.165, 1.54) is 0 Å². The molecule has 1 aliphatic rings. The summed E-state index contributed by atoms with van der Waals surface area (Å²) in [5.41, 5.74) is 2.37. The van der Waals surface area contributed by atoms with Crippen molar-refractivity contribution in [3.8, 4) is 0 Å². The molecular formula is C16H22N2O4. The van der Waals surface area contributed by atoms with Gasteiger partial charge in [-0.05, 0) is 56.9 Å². The predicted molar refractivity (Wildman–Crippen MR) is 83.0 cm³/mol. The summed E-state index contributed by atoms with van der Waals surface area (Å²) in [6, 6.07) is 5.71. The van der Waals surface area contributed by atoms with E-state index in [4.69, 9.17) is 9.84 Å². The Labute approximate surface area is 129 Å². The molecule has 3 N–H and O–H groups in total. The van der Waals surface area contributed by atoms with Crippen LogP contribution in [0, 0.1) is 0 Å². The number of ether oxygens (including phenoxy) is 1. The van der Waals surface area contributed by atoms with Crippen molar-refractivity contribution in [2.75, 3.05) is 11.9 Å². The maximum atomic E-state index is 11.8. The quantitative estimate of drug-likeness (QED) is 0.796. The van der Waals surface area contributed by atoms with Crippen LogP contribution < -0.4 is 10.6 Å². The highest BCUT2D eigenvalue weighted by Crippen LogP contribution is 2.32. The molecule has 0 heterocycles. The predicted octanol–water partition coefficient (Wildman–Crippen LogP) is 2.70. The Morgan fingerprint density at radius 2 is 2.09 bits per heavy atom. The molecule has 1 aromatic carbocycles. The number of carbonyl (C=O) groups excluding carboxylic acids is 1. The minimum atomic E-state index is -0.864. The van der Waals surface area contributed by atoms with Crippen LogP contribution in [-0.4, -0.2) is 29.3 Å². The van der Waals surface area contributed by atoms with Gasteiger partial charge in [-0.1, -0.05) is 6.07 Å². The van der Waals surface area contributed by atoms with Gasteiger partial charge in [-0.15, -0.1) is 0 Å². The number of rotatable bonds is 4. The summed E-state index contributed by atoms with van der Waals surface area (Å²) in [6.45, 7) is 5.39. The molecule has 6 heteroatoms. The van der Waals surface area contributed by atoms with Crippen LogP contribution in [-0.2, 0) is 16.0 Å². The van der Waals surface area contributed by atoms with Crippen molar-refractivity contribution in [3.05, 3.63) is 29.3 Å². The number of nitrogens with one attached hydrogen (secondary N) is 2. The van der Waals surface area contributed by atoms with Crippen LogP contribution in [0.25, 0.3) is 0 Å². The molecular weight excluding hydrogens is 284 g/mol. The first kappa shape index (κ1) is 16.3. The fourth-order valence-electron chi connectivity index (χ4n) is 2.54. The van der Waals surface area contributed by atoms with Gasteiger partial charge in [0.1, 0.15) is 5.60 Å². The molecule has 2 rings (SSSR count). The van der Waals surface area contributed by atoms with E-state index in [9.17, 15) is 9.59 Å². The molecule has 1 atom stereocenters. The van der Waals surface area contributed by atoms with Gasteiger partial charge in [-0.2, -0.15) is 0 Å². The van der Waals surface area contributed by atoms with Crippen LogP contribution in [0.2, 0.25) is 0 Å². The summed E-state index contributed by atoms with van der Waals surface area (Å²) in [5.74, 6) is -0.864. The van der Waals surface area contributed by atoms with Crippen LogP contribution in [0.1, 0.15) is 44.4 Å². The molecule has 1 aliphatic carbocycles. The summed E-state index contributed by atoms with van der Waals surface area (Å²) >= 11 is 0. The molecule has 0 aromatic heterocycles. The number of carboxylic acid groups (broad SMARTS) is 1. The van der Waals surface area contributed by atoms with Crippen molar-refractivity contribution in [2.24, 2.45) is 0 Å². The van der Waals surface area contributed by atoms with Gasteiger partial charge in [0.15, 0.2) is 0 Å².